The largest absolute Gasteiger partial charge is 0.345 e. The summed E-state index contributed by atoms with van der Waals surface area (Å²) in [5.41, 5.74) is 2.75. The van der Waals surface area contributed by atoms with Gasteiger partial charge in [-0.1, -0.05) is 43.3 Å². The van der Waals surface area contributed by atoms with Crippen molar-refractivity contribution in [1.82, 2.24) is 24.6 Å². The van der Waals surface area contributed by atoms with E-state index < -0.39 is 0 Å². The molecular weight excluding hydrogens is 334 g/mol. The highest BCUT2D eigenvalue weighted by Crippen LogP contribution is 2.26. The zero-order valence-electron chi connectivity index (χ0n) is 14.9. The summed E-state index contributed by atoms with van der Waals surface area (Å²) >= 11 is 1.34. The van der Waals surface area contributed by atoms with Crippen LogP contribution in [0.4, 0.5) is 0 Å². The Kier molecular flexibility index (Phi) is 5.53. The summed E-state index contributed by atoms with van der Waals surface area (Å²) in [5, 5.41) is 10.2. The first-order valence-electron chi connectivity index (χ1n) is 8.64. The number of rotatable bonds is 7. The molecule has 2 heterocycles. The van der Waals surface area contributed by atoms with Gasteiger partial charge >= 0.3 is 0 Å². The number of amides is 1. The van der Waals surface area contributed by atoms with E-state index in [1.165, 1.54) is 11.8 Å². The number of unbranched alkanes of at least 4 members (excludes halogenated alkanes) is 1. The van der Waals surface area contributed by atoms with Crippen LogP contribution in [0.5, 0.6) is 0 Å². The van der Waals surface area contributed by atoms with Gasteiger partial charge in [-0.05, 0) is 19.4 Å². The highest BCUT2D eigenvalue weighted by Gasteiger charge is 2.15. The molecule has 0 aliphatic carbocycles. The molecule has 0 aliphatic heterocycles. The zero-order valence-corrected chi connectivity index (χ0v) is 15.7. The molecule has 0 fully saturated rings. The highest BCUT2D eigenvalue weighted by molar-refractivity contribution is 7.99. The number of aromatic nitrogens is 4. The summed E-state index contributed by atoms with van der Waals surface area (Å²) in [5.74, 6) is 0.429. The minimum atomic E-state index is 0.0955. The van der Waals surface area contributed by atoms with Crippen molar-refractivity contribution >= 4 is 39.7 Å². The van der Waals surface area contributed by atoms with Crippen molar-refractivity contribution < 1.29 is 4.79 Å². The Bertz CT molecular complexity index is 892. The Labute approximate surface area is 151 Å². The molecule has 1 aromatic carbocycles. The zero-order chi connectivity index (χ0) is 17.8. The fourth-order valence-corrected chi connectivity index (χ4v) is 3.55. The van der Waals surface area contributed by atoms with E-state index in [0.29, 0.717) is 10.9 Å². The first-order valence-corrected chi connectivity index (χ1v) is 9.62. The minimum absolute atomic E-state index is 0.0955. The van der Waals surface area contributed by atoms with Gasteiger partial charge in [-0.2, -0.15) is 0 Å². The van der Waals surface area contributed by atoms with Crippen LogP contribution in [0, 0.1) is 0 Å². The number of carbonyl (C=O) groups is 1. The van der Waals surface area contributed by atoms with Crippen molar-refractivity contribution in [1.29, 1.82) is 0 Å². The van der Waals surface area contributed by atoms with Gasteiger partial charge in [-0.3, -0.25) is 4.79 Å². The molecule has 0 aliphatic rings. The lowest BCUT2D eigenvalue weighted by atomic mass is 10.2. The minimum Gasteiger partial charge on any atom is -0.345 e. The summed E-state index contributed by atoms with van der Waals surface area (Å²) in [6, 6.07) is 8.12. The number of nitrogens with zero attached hydrogens (tertiary/aromatic N) is 5. The lowest BCUT2D eigenvalue weighted by Gasteiger charge is -2.15. The van der Waals surface area contributed by atoms with E-state index in [9.17, 15) is 4.79 Å². The van der Waals surface area contributed by atoms with Gasteiger partial charge in [0.2, 0.25) is 11.1 Å². The second-order valence-electron chi connectivity index (χ2n) is 5.99. The molecular formula is C18H23N5OS. The van der Waals surface area contributed by atoms with E-state index in [1.54, 1.807) is 4.90 Å². The molecule has 0 saturated carbocycles. The second kappa shape index (κ2) is 7.82. The van der Waals surface area contributed by atoms with Gasteiger partial charge < -0.3 is 9.47 Å². The monoisotopic (exact) mass is 357 g/mol. The maximum atomic E-state index is 12.2. The van der Waals surface area contributed by atoms with Crippen molar-refractivity contribution in [3.63, 3.8) is 0 Å². The van der Waals surface area contributed by atoms with Gasteiger partial charge in [-0.15, -0.1) is 10.2 Å². The molecule has 6 nitrogen and oxygen atoms in total. The maximum Gasteiger partial charge on any atom is 0.232 e. The molecule has 0 N–H and O–H groups in total. The molecule has 0 atom stereocenters. The normalized spacial score (nSPS) is 11.3. The molecule has 3 rings (SSSR count). The van der Waals surface area contributed by atoms with E-state index in [1.807, 2.05) is 25.2 Å². The molecule has 0 bridgehead atoms. The van der Waals surface area contributed by atoms with E-state index in [-0.39, 0.29) is 5.91 Å². The third kappa shape index (κ3) is 3.61. The van der Waals surface area contributed by atoms with Crippen molar-refractivity contribution in [2.75, 3.05) is 19.3 Å². The number of thioether (sulfide) groups is 1. The van der Waals surface area contributed by atoms with Crippen LogP contribution in [0.2, 0.25) is 0 Å². The molecule has 0 spiro atoms. The predicted octanol–water partition coefficient (Wildman–Crippen LogP) is 3.35. The van der Waals surface area contributed by atoms with Crippen molar-refractivity contribution in [2.45, 2.75) is 38.4 Å². The van der Waals surface area contributed by atoms with Gasteiger partial charge in [0.25, 0.3) is 0 Å². The molecule has 1 amide bonds. The Morgan fingerprint density at radius 1 is 1.24 bits per heavy atom. The van der Waals surface area contributed by atoms with Crippen LogP contribution >= 0.6 is 11.8 Å². The van der Waals surface area contributed by atoms with Crippen LogP contribution in [0.25, 0.3) is 22.1 Å². The average Bonchev–Trinajstić information content (AvgIpc) is 2.96. The second-order valence-corrected chi connectivity index (χ2v) is 6.93. The Morgan fingerprint density at radius 3 is 2.80 bits per heavy atom. The Hall–Kier alpha value is -2.15. The topological polar surface area (TPSA) is 63.9 Å². The van der Waals surface area contributed by atoms with Crippen LogP contribution in [0.1, 0.15) is 26.7 Å². The van der Waals surface area contributed by atoms with Gasteiger partial charge in [0, 0.05) is 25.5 Å². The molecule has 7 heteroatoms. The highest BCUT2D eigenvalue weighted by atomic mass is 32.2. The third-order valence-electron chi connectivity index (χ3n) is 4.27. The van der Waals surface area contributed by atoms with E-state index in [2.05, 4.69) is 39.7 Å². The molecule has 132 valence electrons. The van der Waals surface area contributed by atoms with Crippen molar-refractivity contribution in [3.8, 4) is 0 Å². The van der Waals surface area contributed by atoms with Crippen molar-refractivity contribution in [3.05, 3.63) is 24.3 Å². The number of hydrogen-bond acceptors (Lipinski definition) is 5. The van der Waals surface area contributed by atoms with Gasteiger partial charge in [0.15, 0.2) is 5.65 Å². The smallest absolute Gasteiger partial charge is 0.232 e. The maximum absolute atomic E-state index is 12.2. The van der Waals surface area contributed by atoms with Crippen LogP contribution in [0.15, 0.2) is 29.4 Å². The Balaban J connectivity index is 1.82. The number of para-hydroxylation sites is 1. The number of fused-ring (bicyclic) bond motifs is 3. The molecule has 2 aromatic heterocycles. The third-order valence-corrected chi connectivity index (χ3v) is 5.09. The molecule has 25 heavy (non-hydrogen) atoms. The number of benzene rings is 1. The fraction of sp³-hybridized carbons (Fsp3) is 0.444. The summed E-state index contributed by atoms with van der Waals surface area (Å²) in [4.78, 5) is 18.6. The Morgan fingerprint density at radius 2 is 2.04 bits per heavy atom. The lowest BCUT2D eigenvalue weighted by molar-refractivity contribution is -0.127. The van der Waals surface area contributed by atoms with E-state index >= 15 is 0 Å². The first-order chi connectivity index (χ1) is 12.2. The van der Waals surface area contributed by atoms with Crippen LogP contribution < -0.4 is 0 Å². The number of aryl methyl sites for hydroxylation is 1. The van der Waals surface area contributed by atoms with Crippen LogP contribution in [-0.2, 0) is 11.3 Å². The molecule has 0 unspecified atom stereocenters. The molecule has 3 aromatic rings. The van der Waals surface area contributed by atoms with E-state index in [0.717, 1.165) is 48.0 Å². The van der Waals surface area contributed by atoms with Crippen LogP contribution in [-0.4, -0.2) is 49.9 Å². The summed E-state index contributed by atoms with van der Waals surface area (Å²) in [6.07, 6.45) is 2.10. The molecule has 0 saturated heterocycles. The number of carbonyl (C=O) groups excluding carboxylic acids is 1. The fourth-order valence-electron chi connectivity index (χ4n) is 2.83. The van der Waals surface area contributed by atoms with E-state index in [4.69, 9.17) is 0 Å². The summed E-state index contributed by atoms with van der Waals surface area (Å²) in [6.45, 7) is 5.81. The first kappa shape index (κ1) is 17.7. The van der Waals surface area contributed by atoms with Crippen molar-refractivity contribution in [2.24, 2.45) is 0 Å². The quantitative estimate of drug-likeness (QED) is 0.607. The molecule has 0 radical (unpaired) electrons. The summed E-state index contributed by atoms with van der Waals surface area (Å²) < 4.78 is 2.14. The van der Waals surface area contributed by atoms with Gasteiger partial charge in [0.05, 0.1) is 11.3 Å². The standard InChI is InChI=1S/C18H23N5OS/c1-4-6-11-22(3)15(24)12-25-18-19-17-16(20-21-18)13-9-7-8-10-14(13)23(17)5-2/h7-10H,4-6,11-12H2,1-3H3. The predicted molar refractivity (Wildman–Crippen MR) is 102 cm³/mol. The average molecular weight is 357 g/mol. The van der Waals surface area contributed by atoms with Gasteiger partial charge in [-0.25, -0.2) is 4.98 Å². The summed E-state index contributed by atoms with van der Waals surface area (Å²) in [7, 11) is 1.84. The lowest BCUT2D eigenvalue weighted by Crippen LogP contribution is -2.29. The van der Waals surface area contributed by atoms with Gasteiger partial charge in [0.1, 0.15) is 5.52 Å². The number of hydrogen-bond donors (Lipinski definition) is 0. The van der Waals surface area contributed by atoms with Crippen LogP contribution in [0.3, 0.4) is 0 Å². The SMILES string of the molecule is CCCCN(C)C(=O)CSc1nnc2c3ccccc3n(CC)c2n1.